The fourth-order valence-corrected chi connectivity index (χ4v) is 3.46. The van der Waals surface area contributed by atoms with Crippen LogP contribution in [0.3, 0.4) is 0 Å². The van der Waals surface area contributed by atoms with Crippen molar-refractivity contribution in [3.8, 4) is 22.6 Å². The predicted molar refractivity (Wildman–Crippen MR) is 93.8 cm³/mol. The van der Waals surface area contributed by atoms with Crippen molar-refractivity contribution >= 4 is 21.6 Å². The molecule has 4 aromatic rings. The number of rotatable bonds is 2. The Morgan fingerprint density at radius 1 is 0.957 bits per heavy atom. The van der Waals surface area contributed by atoms with Gasteiger partial charge in [-0.05, 0) is 24.6 Å². The SMILES string of the molecule is Cc1ccc(-c2nc3scc(-c4ccccc4)c3c(=O)o2)cc1. The van der Waals surface area contributed by atoms with Crippen LogP contribution in [0.5, 0.6) is 0 Å². The maximum absolute atomic E-state index is 12.5. The van der Waals surface area contributed by atoms with Crippen LogP contribution in [-0.4, -0.2) is 4.98 Å². The molecule has 0 radical (unpaired) electrons. The van der Waals surface area contributed by atoms with E-state index in [9.17, 15) is 4.79 Å². The number of benzene rings is 2. The first-order valence-corrected chi connectivity index (χ1v) is 8.15. The third-order valence-corrected chi connectivity index (χ3v) is 4.62. The van der Waals surface area contributed by atoms with Gasteiger partial charge in [0.25, 0.3) is 0 Å². The van der Waals surface area contributed by atoms with Crippen LogP contribution < -0.4 is 5.63 Å². The molecular formula is C19H13NO2S. The molecule has 0 atom stereocenters. The third-order valence-electron chi connectivity index (χ3n) is 3.75. The zero-order valence-corrected chi connectivity index (χ0v) is 13.3. The molecule has 4 rings (SSSR count). The Labute approximate surface area is 136 Å². The fourth-order valence-electron chi connectivity index (χ4n) is 2.53. The second-order valence-electron chi connectivity index (χ2n) is 5.37. The molecule has 0 amide bonds. The molecule has 23 heavy (non-hydrogen) atoms. The normalized spacial score (nSPS) is 11.0. The van der Waals surface area contributed by atoms with Crippen LogP contribution in [-0.2, 0) is 0 Å². The topological polar surface area (TPSA) is 43.1 Å². The van der Waals surface area contributed by atoms with Gasteiger partial charge in [-0.25, -0.2) is 9.78 Å². The molecule has 0 aliphatic rings. The molecule has 0 saturated carbocycles. The summed E-state index contributed by atoms with van der Waals surface area (Å²) < 4.78 is 5.48. The maximum atomic E-state index is 12.5. The van der Waals surface area contributed by atoms with Crippen molar-refractivity contribution in [2.45, 2.75) is 6.92 Å². The lowest BCUT2D eigenvalue weighted by molar-refractivity contribution is 0.519. The molecule has 112 valence electrons. The molecular weight excluding hydrogens is 306 g/mol. The van der Waals surface area contributed by atoms with Gasteiger partial charge in [0.15, 0.2) is 0 Å². The van der Waals surface area contributed by atoms with Gasteiger partial charge < -0.3 is 4.42 Å². The molecule has 3 nitrogen and oxygen atoms in total. The van der Waals surface area contributed by atoms with E-state index in [0.717, 1.165) is 22.3 Å². The number of nitrogens with zero attached hydrogens (tertiary/aromatic N) is 1. The highest BCUT2D eigenvalue weighted by atomic mass is 32.1. The third kappa shape index (κ3) is 2.47. The van der Waals surface area contributed by atoms with Crippen molar-refractivity contribution in [2.24, 2.45) is 0 Å². The van der Waals surface area contributed by atoms with Crippen LogP contribution in [0.25, 0.3) is 32.8 Å². The van der Waals surface area contributed by atoms with Gasteiger partial charge in [-0.1, -0.05) is 48.0 Å². The summed E-state index contributed by atoms with van der Waals surface area (Å²) in [6.45, 7) is 2.02. The summed E-state index contributed by atoms with van der Waals surface area (Å²) in [7, 11) is 0. The molecule has 0 saturated heterocycles. The number of fused-ring (bicyclic) bond motifs is 1. The zero-order valence-electron chi connectivity index (χ0n) is 12.4. The number of hydrogen-bond donors (Lipinski definition) is 0. The standard InChI is InChI=1S/C19H13NO2S/c1-12-7-9-14(10-8-12)17-20-18-16(19(21)22-17)15(11-23-18)13-5-3-2-4-6-13/h2-11H,1H3. The van der Waals surface area contributed by atoms with Crippen LogP contribution in [0.1, 0.15) is 5.56 Å². The van der Waals surface area contributed by atoms with Gasteiger partial charge in [0.05, 0.1) is 0 Å². The van der Waals surface area contributed by atoms with Gasteiger partial charge >= 0.3 is 5.63 Å². The summed E-state index contributed by atoms with van der Waals surface area (Å²) in [5, 5.41) is 2.51. The lowest BCUT2D eigenvalue weighted by Crippen LogP contribution is -2.02. The Hall–Kier alpha value is -2.72. The molecule has 0 N–H and O–H groups in total. The molecule has 0 spiro atoms. The average molecular weight is 319 g/mol. The number of thiophene rings is 1. The molecule has 4 heteroatoms. The number of aryl methyl sites for hydroxylation is 1. The Morgan fingerprint density at radius 2 is 1.70 bits per heavy atom. The maximum Gasteiger partial charge on any atom is 0.348 e. The van der Waals surface area contributed by atoms with E-state index in [2.05, 4.69) is 4.98 Å². The van der Waals surface area contributed by atoms with Crippen LogP contribution in [0.4, 0.5) is 0 Å². The van der Waals surface area contributed by atoms with Crippen molar-refractivity contribution in [1.82, 2.24) is 4.98 Å². The second-order valence-corrected chi connectivity index (χ2v) is 6.23. The largest absolute Gasteiger partial charge is 0.403 e. The van der Waals surface area contributed by atoms with Gasteiger partial charge in [-0.3, -0.25) is 0 Å². The van der Waals surface area contributed by atoms with Crippen molar-refractivity contribution in [1.29, 1.82) is 0 Å². The van der Waals surface area contributed by atoms with E-state index >= 15 is 0 Å². The highest BCUT2D eigenvalue weighted by Crippen LogP contribution is 2.32. The van der Waals surface area contributed by atoms with Gasteiger partial charge in [0, 0.05) is 16.5 Å². The first-order valence-electron chi connectivity index (χ1n) is 7.27. The van der Waals surface area contributed by atoms with Gasteiger partial charge in [0.2, 0.25) is 5.89 Å². The molecule has 2 heterocycles. The van der Waals surface area contributed by atoms with Crippen molar-refractivity contribution < 1.29 is 4.42 Å². The molecule has 2 aromatic heterocycles. The Bertz CT molecular complexity index is 1030. The van der Waals surface area contributed by atoms with Crippen molar-refractivity contribution in [3.05, 3.63) is 76.0 Å². The summed E-state index contributed by atoms with van der Waals surface area (Å²) in [5.41, 5.74) is 3.49. The van der Waals surface area contributed by atoms with E-state index < -0.39 is 0 Å². The molecule has 0 bridgehead atoms. The van der Waals surface area contributed by atoms with Crippen LogP contribution >= 0.6 is 11.3 Å². The lowest BCUT2D eigenvalue weighted by atomic mass is 10.1. The Kier molecular flexibility index (Phi) is 3.32. The smallest absolute Gasteiger partial charge is 0.348 e. The highest BCUT2D eigenvalue weighted by Gasteiger charge is 2.15. The average Bonchev–Trinajstić information content (AvgIpc) is 3.01. The van der Waals surface area contributed by atoms with Crippen LogP contribution in [0.2, 0.25) is 0 Å². The quantitative estimate of drug-likeness (QED) is 0.528. The van der Waals surface area contributed by atoms with E-state index in [1.807, 2.05) is 66.9 Å². The molecule has 2 aromatic carbocycles. The minimum Gasteiger partial charge on any atom is -0.403 e. The minimum absolute atomic E-state index is 0.342. The van der Waals surface area contributed by atoms with Gasteiger partial charge in [-0.15, -0.1) is 11.3 Å². The van der Waals surface area contributed by atoms with Gasteiger partial charge in [0.1, 0.15) is 10.2 Å². The highest BCUT2D eigenvalue weighted by molar-refractivity contribution is 7.17. The van der Waals surface area contributed by atoms with E-state index in [-0.39, 0.29) is 5.63 Å². The monoisotopic (exact) mass is 319 g/mol. The minimum atomic E-state index is -0.342. The first-order chi connectivity index (χ1) is 11.2. The summed E-state index contributed by atoms with van der Waals surface area (Å²) in [4.78, 5) is 17.7. The van der Waals surface area contributed by atoms with E-state index in [4.69, 9.17) is 4.42 Å². The van der Waals surface area contributed by atoms with Crippen molar-refractivity contribution in [2.75, 3.05) is 0 Å². The van der Waals surface area contributed by atoms with Crippen LogP contribution in [0, 0.1) is 6.92 Å². The fraction of sp³-hybridized carbons (Fsp3) is 0.0526. The Morgan fingerprint density at radius 3 is 2.43 bits per heavy atom. The number of aromatic nitrogens is 1. The van der Waals surface area contributed by atoms with Crippen LogP contribution in [0.15, 0.2) is 69.2 Å². The summed E-state index contributed by atoms with van der Waals surface area (Å²) in [6, 6.07) is 17.6. The summed E-state index contributed by atoms with van der Waals surface area (Å²) in [5.74, 6) is 0.365. The zero-order chi connectivity index (χ0) is 15.8. The lowest BCUT2D eigenvalue weighted by Gasteiger charge is -2.01. The second kappa shape index (κ2) is 5.48. The predicted octanol–water partition coefficient (Wildman–Crippen LogP) is 4.89. The van der Waals surface area contributed by atoms with Crippen molar-refractivity contribution in [3.63, 3.8) is 0 Å². The summed E-state index contributed by atoms with van der Waals surface area (Å²) >= 11 is 1.46. The summed E-state index contributed by atoms with van der Waals surface area (Å²) in [6.07, 6.45) is 0. The molecule has 0 aliphatic heterocycles. The molecule has 0 unspecified atom stereocenters. The Balaban J connectivity index is 1.91. The van der Waals surface area contributed by atoms with E-state index in [1.165, 1.54) is 11.3 Å². The van der Waals surface area contributed by atoms with Gasteiger partial charge in [-0.2, -0.15) is 0 Å². The molecule has 0 fully saturated rings. The first kappa shape index (κ1) is 13.9. The molecule has 0 aliphatic carbocycles. The van der Waals surface area contributed by atoms with E-state index in [1.54, 1.807) is 0 Å². The van der Waals surface area contributed by atoms with E-state index in [0.29, 0.717) is 16.1 Å². The number of hydrogen-bond acceptors (Lipinski definition) is 4.